The molecular formula is C5H3N5O3. The fourth-order valence-corrected chi connectivity index (χ4v) is 0.805. The largest absolute Gasteiger partial charge is 0.492 e. The number of rotatable bonds is 0. The van der Waals surface area contributed by atoms with Gasteiger partial charge in [-0.2, -0.15) is 15.0 Å². The van der Waals surface area contributed by atoms with Gasteiger partial charge in [-0.1, -0.05) is 5.10 Å². The molecule has 8 heteroatoms. The lowest BCUT2D eigenvalue weighted by atomic mass is 10.5. The van der Waals surface area contributed by atoms with Crippen LogP contribution in [0.1, 0.15) is 0 Å². The standard InChI is InChI=1S/C5H3N5O3/c11-3-1-2(7-4(12)8-3)9-10-5(13)6-1/h(H,6,10,13)(H2,7,8,9,11,12). The second-order valence-corrected chi connectivity index (χ2v) is 2.13. The summed E-state index contributed by atoms with van der Waals surface area (Å²) in [6.07, 6.45) is 0. The van der Waals surface area contributed by atoms with Gasteiger partial charge in [0.2, 0.25) is 11.5 Å². The zero-order valence-corrected chi connectivity index (χ0v) is 6.08. The molecule has 2 rings (SSSR count). The Balaban J connectivity index is 2.87. The highest BCUT2D eigenvalue weighted by molar-refractivity contribution is 5.74. The van der Waals surface area contributed by atoms with Gasteiger partial charge in [0, 0.05) is 0 Å². The van der Waals surface area contributed by atoms with Crippen LogP contribution < -0.4 is 0 Å². The molecule has 13 heavy (non-hydrogen) atoms. The number of nitrogens with zero attached hydrogens (tertiary/aromatic N) is 5. The van der Waals surface area contributed by atoms with Crippen molar-refractivity contribution in [3.8, 4) is 17.9 Å². The monoisotopic (exact) mass is 181 g/mol. The minimum atomic E-state index is -0.633. The summed E-state index contributed by atoms with van der Waals surface area (Å²) < 4.78 is 0. The summed E-state index contributed by atoms with van der Waals surface area (Å²) in [5.41, 5.74) is -0.215. The molecule has 8 nitrogen and oxygen atoms in total. The van der Waals surface area contributed by atoms with E-state index in [1.807, 2.05) is 0 Å². The van der Waals surface area contributed by atoms with Crippen LogP contribution in [-0.4, -0.2) is 40.5 Å². The van der Waals surface area contributed by atoms with Crippen molar-refractivity contribution in [2.24, 2.45) is 0 Å². The van der Waals surface area contributed by atoms with Crippen molar-refractivity contribution in [3.63, 3.8) is 0 Å². The first-order valence-corrected chi connectivity index (χ1v) is 3.16. The van der Waals surface area contributed by atoms with Gasteiger partial charge in [-0.05, 0) is 0 Å². The van der Waals surface area contributed by atoms with Crippen LogP contribution in [0.2, 0.25) is 0 Å². The molecule has 0 spiro atoms. The van der Waals surface area contributed by atoms with Crippen LogP contribution in [-0.2, 0) is 0 Å². The lowest BCUT2D eigenvalue weighted by Crippen LogP contribution is -1.93. The van der Waals surface area contributed by atoms with Gasteiger partial charge in [0.05, 0.1) is 0 Å². The summed E-state index contributed by atoms with van der Waals surface area (Å²) in [5.74, 6) is -0.562. The Labute approximate surface area is 70.6 Å². The molecule has 0 radical (unpaired) electrons. The predicted octanol–water partition coefficient (Wildman–Crippen LogP) is -1.07. The molecule has 0 fully saturated rings. The number of hydrogen-bond donors (Lipinski definition) is 3. The van der Waals surface area contributed by atoms with Crippen molar-refractivity contribution in [3.05, 3.63) is 0 Å². The van der Waals surface area contributed by atoms with Gasteiger partial charge in [-0.25, -0.2) is 0 Å². The maximum Gasteiger partial charge on any atom is 0.334 e. The van der Waals surface area contributed by atoms with E-state index in [1.165, 1.54) is 0 Å². The minimum Gasteiger partial charge on any atom is -0.492 e. The summed E-state index contributed by atoms with van der Waals surface area (Å²) in [4.78, 5) is 10.0. The highest BCUT2D eigenvalue weighted by atomic mass is 16.3. The van der Waals surface area contributed by atoms with Crippen molar-refractivity contribution in [2.45, 2.75) is 0 Å². The molecule has 0 amide bonds. The molecule has 0 atom stereocenters. The highest BCUT2D eigenvalue weighted by Gasteiger charge is 2.09. The smallest absolute Gasteiger partial charge is 0.334 e. The average molecular weight is 181 g/mol. The number of fused-ring (bicyclic) bond motifs is 1. The van der Waals surface area contributed by atoms with Crippen LogP contribution in [0.25, 0.3) is 11.2 Å². The Morgan fingerprint density at radius 2 is 1.54 bits per heavy atom. The quantitative estimate of drug-likeness (QED) is 0.469. The summed E-state index contributed by atoms with van der Waals surface area (Å²) in [6, 6.07) is -1.23. The number of aromatic hydroxyl groups is 3. The van der Waals surface area contributed by atoms with Crippen LogP contribution in [0.3, 0.4) is 0 Å². The van der Waals surface area contributed by atoms with Gasteiger partial charge >= 0.3 is 12.0 Å². The van der Waals surface area contributed by atoms with Crippen LogP contribution in [0.15, 0.2) is 0 Å². The van der Waals surface area contributed by atoms with Crippen LogP contribution in [0.5, 0.6) is 17.9 Å². The summed E-state index contributed by atoms with van der Waals surface area (Å²) in [6.45, 7) is 0. The molecule has 0 saturated heterocycles. The molecule has 2 heterocycles. The highest BCUT2D eigenvalue weighted by Crippen LogP contribution is 2.19. The average Bonchev–Trinajstić information content (AvgIpc) is 2.06. The molecule has 0 aliphatic carbocycles. The van der Waals surface area contributed by atoms with Gasteiger partial charge in [-0.3, -0.25) is 0 Å². The fourth-order valence-electron chi connectivity index (χ4n) is 0.805. The van der Waals surface area contributed by atoms with E-state index in [1.54, 1.807) is 0 Å². The summed E-state index contributed by atoms with van der Waals surface area (Å²) >= 11 is 0. The Hall–Kier alpha value is -2.25. The topological polar surface area (TPSA) is 125 Å². The Morgan fingerprint density at radius 1 is 0.769 bits per heavy atom. The van der Waals surface area contributed by atoms with Gasteiger partial charge < -0.3 is 15.3 Å². The van der Waals surface area contributed by atoms with Crippen molar-refractivity contribution >= 4 is 11.2 Å². The molecule has 66 valence electrons. The van der Waals surface area contributed by atoms with E-state index in [0.29, 0.717) is 0 Å². The van der Waals surface area contributed by atoms with Crippen LogP contribution in [0, 0.1) is 0 Å². The third-order valence-electron chi connectivity index (χ3n) is 1.28. The van der Waals surface area contributed by atoms with E-state index < -0.39 is 17.9 Å². The molecule has 2 aromatic heterocycles. The summed E-state index contributed by atoms with van der Waals surface area (Å²) in [5, 5.41) is 33.3. The second kappa shape index (κ2) is 2.37. The molecule has 2 aromatic rings. The molecule has 0 aliphatic rings. The first-order chi connectivity index (χ1) is 6.16. The Kier molecular flexibility index (Phi) is 1.35. The van der Waals surface area contributed by atoms with Gasteiger partial charge in [0.15, 0.2) is 5.52 Å². The fraction of sp³-hybridized carbons (Fsp3) is 0. The lowest BCUT2D eigenvalue weighted by molar-refractivity contribution is 0.396. The Bertz CT molecular complexity index is 473. The van der Waals surface area contributed by atoms with E-state index in [-0.39, 0.29) is 11.2 Å². The predicted molar refractivity (Wildman–Crippen MR) is 37.9 cm³/mol. The van der Waals surface area contributed by atoms with E-state index in [9.17, 15) is 0 Å². The number of aromatic nitrogens is 5. The number of hydrogen-bond acceptors (Lipinski definition) is 8. The molecule has 0 saturated carbocycles. The molecule has 0 bridgehead atoms. The lowest BCUT2D eigenvalue weighted by Gasteiger charge is -1.97. The van der Waals surface area contributed by atoms with E-state index in [4.69, 9.17) is 15.3 Å². The van der Waals surface area contributed by atoms with Crippen LogP contribution in [0.4, 0.5) is 0 Å². The van der Waals surface area contributed by atoms with Crippen molar-refractivity contribution in [1.29, 1.82) is 0 Å². The third kappa shape index (κ3) is 1.13. The maximum absolute atomic E-state index is 9.12. The molecule has 0 aliphatic heterocycles. The first-order valence-electron chi connectivity index (χ1n) is 3.16. The van der Waals surface area contributed by atoms with E-state index >= 15 is 0 Å². The van der Waals surface area contributed by atoms with Crippen molar-refractivity contribution in [2.75, 3.05) is 0 Å². The van der Waals surface area contributed by atoms with Gasteiger partial charge in [0.1, 0.15) is 0 Å². The normalized spacial score (nSPS) is 10.5. The SMILES string of the molecule is Oc1nc(O)c2nc(O)nnc2n1. The first kappa shape index (κ1) is 7.40. The minimum absolute atomic E-state index is 0.0946. The molecule has 0 unspecified atom stereocenters. The van der Waals surface area contributed by atoms with Gasteiger partial charge in [-0.15, -0.1) is 5.10 Å². The zero-order chi connectivity index (χ0) is 9.42. The maximum atomic E-state index is 9.12. The van der Waals surface area contributed by atoms with Crippen molar-refractivity contribution in [1.82, 2.24) is 25.1 Å². The van der Waals surface area contributed by atoms with E-state index in [0.717, 1.165) is 0 Å². The molecule has 0 aromatic carbocycles. The molecular weight excluding hydrogens is 178 g/mol. The molecule has 3 N–H and O–H groups in total. The van der Waals surface area contributed by atoms with Crippen molar-refractivity contribution < 1.29 is 15.3 Å². The second-order valence-electron chi connectivity index (χ2n) is 2.13. The summed E-state index contributed by atoms with van der Waals surface area (Å²) in [7, 11) is 0. The van der Waals surface area contributed by atoms with Gasteiger partial charge in [0.25, 0.3) is 0 Å². The zero-order valence-electron chi connectivity index (χ0n) is 6.08. The third-order valence-corrected chi connectivity index (χ3v) is 1.28. The Morgan fingerprint density at radius 3 is 2.31 bits per heavy atom. The van der Waals surface area contributed by atoms with Crippen LogP contribution >= 0.6 is 0 Å². The van der Waals surface area contributed by atoms with E-state index in [2.05, 4.69) is 25.1 Å².